The second-order valence-corrected chi connectivity index (χ2v) is 8.59. The lowest BCUT2D eigenvalue weighted by atomic mass is 10.2. The molecule has 0 aliphatic carbocycles. The van der Waals surface area contributed by atoms with E-state index >= 15 is 0 Å². The number of nitro benzene ring substituents is 1. The number of benzene rings is 2. The zero-order valence-electron chi connectivity index (χ0n) is 15.2. The van der Waals surface area contributed by atoms with E-state index in [1.807, 2.05) is 0 Å². The molecule has 0 atom stereocenters. The molecule has 0 aromatic heterocycles. The van der Waals surface area contributed by atoms with Crippen LogP contribution in [0.25, 0.3) is 6.08 Å². The number of imide groups is 1. The number of nitrogens with zero attached hydrogens (tertiary/aromatic N) is 2. The van der Waals surface area contributed by atoms with Gasteiger partial charge < -0.3 is 4.18 Å². The van der Waals surface area contributed by atoms with Gasteiger partial charge in [-0.3, -0.25) is 24.6 Å². The monoisotopic (exact) mass is 434 g/mol. The van der Waals surface area contributed by atoms with Crippen molar-refractivity contribution in [1.29, 1.82) is 0 Å². The van der Waals surface area contributed by atoms with Crippen LogP contribution in [0.2, 0.25) is 0 Å². The summed E-state index contributed by atoms with van der Waals surface area (Å²) < 4.78 is 29.9. The van der Waals surface area contributed by atoms with E-state index in [-0.39, 0.29) is 26.5 Å². The number of hydrogen-bond donors (Lipinski definition) is 0. The standard InChI is InChI=1S/C18H14N2O7S2/c1-11-3-8-14(10-15(11)20(23)24)29(25,26)27-13-6-4-12(5-7-13)9-16-17(21)19(2)18(22)28-16/h3-10H,1-2H3/b16-9-. The summed E-state index contributed by atoms with van der Waals surface area (Å²) >= 11 is 0.809. The normalized spacial score (nSPS) is 15.8. The number of aryl methyl sites for hydroxylation is 1. The van der Waals surface area contributed by atoms with Gasteiger partial charge in [-0.2, -0.15) is 8.42 Å². The van der Waals surface area contributed by atoms with Crippen LogP contribution >= 0.6 is 11.8 Å². The lowest BCUT2D eigenvalue weighted by Crippen LogP contribution is -2.22. The summed E-state index contributed by atoms with van der Waals surface area (Å²) in [5.74, 6) is -0.419. The molecule has 150 valence electrons. The van der Waals surface area contributed by atoms with Crippen LogP contribution in [0.4, 0.5) is 10.5 Å². The zero-order valence-corrected chi connectivity index (χ0v) is 16.8. The van der Waals surface area contributed by atoms with Crippen molar-refractivity contribution < 1.29 is 27.1 Å². The quantitative estimate of drug-likeness (QED) is 0.304. The molecule has 2 aromatic carbocycles. The van der Waals surface area contributed by atoms with Crippen molar-refractivity contribution in [1.82, 2.24) is 4.90 Å². The van der Waals surface area contributed by atoms with E-state index in [9.17, 15) is 28.1 Å². The third kappa shape index (κ3) is 4.30. The molecule has 0 saturated carbocycles. The van der Waals surface area contributed by atoms with Crippen molar-refractivity contribution in [2.24, 2.45) is 0 Å². The number of rotatable bonds is 5. The Morgan fingerprint density at radius 3 is 2.34 bits per heavy atom. The molecule has 1 aliphatic heterocycles. The molecule has 0 unspecified atom stereocenters. The Kier molecular flexibility index (Phi) is 5.44. The van der Waals surface area contributed by atoms with Crippen LogP contribution in [0.5, 0.6) is 5.75 Å². The molecule has 2 amide bonds. The highest BCUT2D eigenvalue weighted by Gasteiger charge is 2.31. The largest absolute Gasteiger partial charge is 0.379 e. The van der Waals surface area contributed by atoms with E-state index in [0.29, 0.717) is 11.1 Å². The minimum absolute atomic E-state index is 0.00558. The highest BCUT2D eigenvalue weighted by atomic mass is 32.2. The Bertz CT molecular complexity index is 1160. The smallest absolute Gasteiger partial charge is 0.339 e. The van der Waals surface area contributed by atoms with Crippen molar-refractivity contribution in [2.45, 2.75) is 11.8 Å². The molecule has 1 fully saturated rings. The van der Waals surface area contributed by atoms with Crippen LogP contribution in [-0.4, -0.2) is 36.4 Å². The summed E-state index contributed by atoms with van der Waals surface area (Å²) in [6, 6.07) is 9.30. The Labute approximate surface area is 170 Å². The van der Waals surface area contributed by atoms with Crippen LogP contribution in [0.1, 0.15) is 11.1 Å². The average Bonchev–Trinajstić information content (AvgIpc) is 2.90. The van der Waals surface area contributed by atoms with Gasteiger partial charge in [-0.05, 0) is 48.5 Å². The van der Waals surface area contributed by atoms with E-state index in [2.05, 4.69) is 0 Å². The van der Waals surface area contributed by atoms with Gasteiger partial charge in [-0.25, -0.2) is 0 Å². The fourth-order valence-corrected chi connectivity index (χ4v) is 4.21. The maximum absolute atomic E-state index is 12.4. The first-order valence-electron chi connectivity index (χ1n) is 8.09. The molecule has 0 N–H and O–H groups in total. The van der Waals surface area contributed by atoms with Crippen LogP contribution in [0.3, 0.4) is 0 Å². The number of carbonyl (C=O) groups excluding carboxylic acids is 2. The van der Waals surface area contributed by atoms with Gasteiger partial charge in [0.05, 0.1) is 9.83 Å². The van der Waals surface area contributed by atoms with Crippen molar-refractivity contribution >= 4 is 44.8 Å². The second kappa shape index (κ2) is 7.68. The van der Waals surface area contributed by atoms with Crippen molar-refractivity contribution in [3.8, 4) is 5.75 Å². The number of carbonyl (C=O) groups is 2. The molecule has 1 heterocycles. The van der Waals surface area contributed by atoms with Crippen LogP contribution in [0.15, 0.2) is 52.3 Å². The van der Waals surface area contributed by atoms with Gasteiger partial charge in [0.25, 0.3) is 16.8 Å². The van der Waals surface area contributed by atoms with E-state index in [0.717, 1.165) is 22.7 Å². The number of thioether (sulfide) groups is 1. The molecule has 1 aliphatic rings. The van der Waals surface area contributed by atoms with Gasteiger partial charge in [-0.1, -0.05) is 18.2 Å². The predicted octanol–water partition coefficient (Wildman–Crippen LogP) is 3.34. The zero-order chi connectivity index (χ0) is 21.3. The average molecular weight is 434 g/mol. The van der Waals surface area contributed by atoms with Crippen molar-refractivity contribution in [3.63, 3.8) is 0 Å². The van der Waals surface area contributed by atoms with Gasteiger partial charge in [0.1, 0.15) is 10.6 Å². The molecule has 2 aromatic rings. The van der Waals surface area contributed by atoms with Gasteiger partial charge in [0, 0.05) is 18.7 Å². The van der Waals surface area contributed by atoms with Gasteiger partial charge in [-0.15, -0.1) is 0 Å². The summed E-state index contributed by atoms with van der Waals surface area (Å²) in [6.45, 7) is 1.50. The lowest BCUT2D eigenvalue weighted by molar-refractivity contribution is -0.385. The highest BCUT2D eigenvalue weighted by molar-refractivity contribution is 8.18. The summed E-state index contributed by atoms with van der Waals surface area (Å²) in [6.07, 6.45) is 1.51. The first-order chi connectivity index (χ1) is 13.6. The summed E-state index contributed by atoms with van der Waals surface area (Å²) in [4.78, 5) is 34.7. The molecule has 0 radical (unpaired) electrons. The molecule has 0 bridgehead atoms. The van der Waals surface area contributed by atoms with Gasteiger partial charge >= 0.3 is 10.1 Å². The highest BCUT2D eigenvalue weighted by Crippen LogP contribution is 2.31. The van der Waals surface area contributed by atoms with E-state index < -0.39 is 20.9 Å². The van der Waals surface area contributed by atoms with Crippen LogP contribution < -0.4 is 4.18 Å². The Balaban J connectivity index is 1.81. The Morgan fingerprint density at radius 2 is 1.79 bits per heavy atom. The molecular formula is C18H14N2O7S2. The SMILES string of the molecule is Cc1ccc(S(=O)(=O)Oc2ccc(/C=C3\SC(=O)N(C)C3=O)cc2)cc1[N+](=O)[O-]. The minimum atomic E-state index is -4.27. The third-order valence-corrected chi connectivity index (χ3v) is 6.24. The first kappa shape index (κ1) is 20.6. The predicted molar refractivity (Wildman–Crippen MR) is 106 cm³/mol. The van der Waals surface area contributed by atoms with E-state index in [1.54, 1.807) is 0 Å². The number of likely N-dealkylation sites (N-methyl/N-ethyl adjacent to an activating group) is 1. The van der Waals surface area contributed by atoms with E-state index in [4.69, 9.17) is 4.18 Å². The summed E-state index contributed by atoms with van der Waals surface area (Å²) in [5.41, 5.74) is 0.573. The van der Waals surface area contributed by atoms with Crippen molar-refractivity contribution in [2.75, 3.05) is 7.05 Å². The lowest BCUT2D eigenvalue weighted by Gasteiger charge is -2.08. The number of amides is 2. The third-order valence-electron chi connectivity index (χ3n) is 4.04. The first-order valence-corrected chi connectivity index (χ1v) is 10.3. The van der Waals surface area contributed by atoms with Gasteiger partial charge in [0.15, 0.2) is 0 Å². The maximum atomic E-state index is 12.4. The van der Waals surface area contributed by atoms with Gasteiger partial charge in [0.2, 0.25) is 0 Å². The Hall–Kier alpha value is -3.18. The topological polar surface area (TPSA) is 124 Å². The minimum Gasteiger partial charge on any atom is -0.379 e. The molecule has 11 heteroatoms. The Morgan fingerprint density at radius 1 is 1.14 bits per heavy atom. The number of hydrogen-bond acceptors (Lipinski definition) is 8. The maximum Gasteiger partial charge on any atom is 0.339 e. The summed E-state index contributed by atoms with van der Waals surface area (Å²) in [7, 11) is -2.89. The molecule has 3 rings (SSSR count). The van der Waals surface area contributed by atoms with Crippen molar-refractivity contribution in [3.05, 3.63) is 68.6 Å². The van der Waals surface area contributed by atoms with Crippen LogP contribution in [-0.2, 0) is 14.9 Å². The van der Waals surface area contributed by atoms with Crippen LogP contribution in [0, 0.1) is 17.0 Å². The molecule has 1 saturated heterocycles. The molecular weight excluding hydrogens is 420 g/mol. The second-order valence-electron chi connectivity index (χ2n) is 6.05. The summed E-state index contributed by atoms with van der Waals surface area (Å²) in [5, 5.41) is 10.6. The molecule has 29 heavy (non-hydrogen) atoms. The molecule has 0 spiro atoms. The molecule has 9 nitrogen and oxygen atoms in total. The number of nitro groups is 1. The van der Waals surface area contributed by atoms with E-state index in [1.165, 1.54) is 56.4 Å². The fourth-order valence-electron chi connectivity index (χ4n) is 2.43. The fraction of sp³-hybridized carbons (Fsp3) is 0.111.